The second kappa shape index (κ2) is 9.51. The van der Waals surface area contributed by atoms with Crippen LogP contribution in [0.1, 0.15) is 32.2 Å². The maximum absolute atomic E-state index is 11.5. The van der Waals surface area contributed by atoms with Gasteiger partial charge in [-0.15, -0.1) is 0 Å². The van der Waals surface area contributed by atoms with Gasteiger partial charge in [-0.05, 0) is 91.9 Å². The topological polar surface area (TPSA) is 90.1 Å². The summed E-state index contributed by atoms with van der Waals surface area (Å²) in [6.45, 7) is 9.32. The standard InChI is InChI=1S/C11H15IN2O2.C6H7IN2/c1-7-5-8(12)9(6-13-7)14-10(15)16-11(2,3)4;1-4-2-5(7)6(8)3-9-4/h5-6H,1-4H3,(H,14,15);2-3H,8H2,1H3. The molecule has 0 aromatic carbocycles. The van der Waals surface area contributed by atoms with Crippen LogP contribution in [0.5, 0.6) is 0 Å². The van der Waals surface area contributed by atoms with Gasteiger partial charge in [-0.25, -0.2) is 4.79 Å². The highest BCUT2D eigenvalue weighted by Gasteiger charge is 2.16. The summed E-state index contributed by atoms with van der Waals surface area (Å²) in [5.74, 6) is 0. The van der Waals surface area contributed by atoms with Crippen molar-refractivity contribution in [3.63, 3.8) is 0 Å². The first-order chi connectivity index (χ1) is 11.5. The minimum atomic E-state index is -0.492. The third kappa shape index (κ3) is 8.66. The molecule has 0 spiro atoms. The molecule has 2 heterocycles. The van der Waals surface area contributed by atoms with E-state index < -0.39 is 11.7 Å². The smallest absolute Gasteiger partial charge is 0.412 e. The molecule has 2 aromatic heterocycles. The predicted octanol–water partition coefficient (Wildman–Crippen LogP) is 4.92. The van der Waals surface area contributed by atoms with Gasteiger partial charge in [0.1, 0.15) is 5.60 Å². The van der Waals surface area contributed by atoms with Gasteiger partial charge in [-0.3, -0.25) is 15.3 Å². The zero-order valence-electron chi connectivity index (χ0n) is 14.9. The molecule has 2 aromatic rings. The van der Waals surface area contributed by atoms with Gasteiger partial charge in [0.15, 0.2) is 0 Å². The first-order valence-corrected chi connectivity index (χ1v) is 9.63. The van der Waals surface area contributed by atoms with E-state index in [1.807, 2.05) is 46.8 Å². The summed E-state index contributed by atoms with van der Waals surface area (Å²) in [4.78, 5) is 19.6. The Morgan fingerprint density at radius 2 is 1.60 bits per heavy atom. The average molecular weight is 568 g/mol. The highest BCUT2D eigenvalue weighted by atomic mass is 127. The Morgan fingerprint density at radius 1 is 1.08 bits per heavy atom. The first kappa shape index (κ1) is 21.9. The predicted molar refractivity (Wildman–Crippen MR) is 118 cm³/mol. The van der Waals surface area contributed by atoms with Crippen molar-refractivity contribution in [2.45, 2.75) is 40.2 Å². The van der Waals surface area contributed by atoms with E-state index >= 15 is 0 Å². The lowest BCUT2D eigenvalue weighted by Gasteiger charge is -2.19. The van der Waals surface area contributed by atoms with Gasteiger partial charge in [0, 0.05) is 18.5 Å². The number of nitrogens with two attached hydrogens (primary N) is 1. The molecule has 6 nitrogen and oxygen atoms in total. The monoisotopic (exact) mass is 568 g/mol. The van der Waals surface area contributed by atoms with Crippen molar-refractivity contribution < 1.29 is 9.53 Å². The zero-order valence-corrected chi connectivity index (χ0v) is 19.2. The van der Waals surface area contributed by atoms with Crippen LogP contribution in [0.3, 0.4) is 0 Å². The molecule has 0 radical (unpaired) electrons. The van der Waals surface area contributed by atoms with E-state index in [-0.39, 0.29) is 0 Å². The molecule has 0 aliphatic rings. The maximum atomic E-state index is 11.5. The first-order valence-electron chi connectivity index (χ1n) is 7.47. The molecular formula is C17H22I2N4O2. The van der Waals surface area contributed by atoms with Gasteiger partial charge in [0.05, 0.1) is 23.8 Å². The van der Waals surface area contributed by atoms with Crippen LogP contribution >= 0.6 is 45.2 Å². The van der Waals surface area contributed by atoms with Crippen LogP contribution < -0.4 is 11.1 Å². The minimum Gasteiger partial charge on any atom is -0.444 e. The summed E-state index contributed by atoms with van der Waals surface area (Å²) in [5.41, 5.74) is 8.37. The summed E-state index contributed by atoms with van der Waals surface area (Å²) in [6.07, 6.45) is 2.84. The number of anilines is 2. The number of pyridine rings is 2. The van der Waals surface area contributed by atoms with E-state index in [0.717, 1.165) is 24.2 Å². The Morgan fingerprint density at radius 3 is 2.04 bits per heavy atom. The number of aromatic nitrogens is 2. The van der Waals surface area contributed by atoms with Crippen molar-refractivity contribution in [3.05, 3.63) is 43.1 Å². The largest absolute Gasteiger partial charge is 0.444 e. The van der Waals surface area contributed by atoms with Gasteiger partial charge >= 0.3 is 6.09 Å². The summed E-state index contributed by atoms with van der Waals surface area (Å²) in [7, 11) is 0. The SMILES string of the molecule is Cc1cc(I)c(N)cn1.Cc1cc(I)c(NC(=O)OC(C)(C)C)cn1. The number of aryl methyl sites for hydroxylation is 2. The number of amides is 1. The van der Waals surface area contributed by atoms with E-state index in [0.29, 0.717) is 5.69 Å². The molecule has 0 fully saturated rings. The third-order valence-electron chi connectivity index (χ3n) is 2.64. The van der Waals surface area contributed by atoms with Crippen molar-refractivity contribution in [3.8, 4) is 0 Å². The van der Waals surface area contributed by atoms with Crippen LogP contribution in [0.25, 0.3) is 0 Å². The van der Waals surface area contributed by atoms with E-state index in [4.69, 9.17) is 10.5 Å². The quantitative estimate of drug-likeness (QED) is 0.477. The Labute approximate surface area is 175 Å². The second-order valence-electron chi connectivity index (χ2n) is 6.28. The third-order valence-corrected chi connectivity index (χ3v) is 4.47. The number of nitrogen functional groups attached to an aromatic ring is 1. The Balaban J connectivity index is 0.000000293. The Kier molecular flexibility index (Phi) is 8.32. The zero-order chi connectivity index (χ0) is 19.2. The highest BCUT2D eigenvalue weighted by Crippen LogP contribution is 2.18. The van der Waals surface area contributed by atoms with Crippen molar-refractivity contribution in [2.24, 2.45) is 0 Å². The highest BCUT2D eigenvalue weighted by molar-refractivity contribution is 14.1. The second-order valence-corrected chi connectivity index (χ2v) is 8.60. The van der Waals surface area contributed by atoms with Crippen molar-refractivity contribution in [1.29, 1.82) is 0 Å². The van der Waals surface area contributed by atoms with Crippen LogP contribution in [0.15, 0.2) is 24.5 Å². The van der Waals surface area contributed by atoms with E-state index in [2.05, 4.69) is 60.5 Å². The van der Waals surface area contributed by atoms with E-state index in [9.17, 15) is 4.79 Å². The molecule has 0 bridgehead atoms. The maximum Gasteiger partial charge on any atom is 0.412 e. The number of nitrogens with one attached hydrogen (secondary N) is 1. The number of ether oxygens (including phenoxy) is 1. The van der Waals surface area contributed by atoms with Gasteiger partial charge in [-0.2, -0.15) is 0 Å². The number of hydrogen-bond donors (Lipinski definition) is 2. The number of carbonyl (C=O) groups is 1. The summed E-state index contributed by atoms with van der Waals surface area (Å²) in [6, 6.07) is 3.85. The summed E-state index contributed by atoms with van der Waals surface area (Å²) < 4.78 is 7.16. The fourth-order valence-electron chi connectivity index (χ4n) is 1.57. The molecule has 25 heavy (non-hydrogen) atoms. The van der Waals surface area contributed by atoms with Gasteiger partial charge in [0.25, 0.3) is 0 Å². The van der Waals surface area contributed by atoms with Crippen LogP contribution in [0.2, 0.25) is 0 Å². The van der Waals surface area contributed by atoms with Gasteiger partial charge < -0.3 is 10.5 Å². The van der Waals surface area contributed by atoms with Crippen LogP contribution in [-0.4, -0.2) is 21.7 Å². The molecule has 0 saturated carbocycles. The number of nitrogens with zero attached hydrogens (tertiary/aromatic N) is 2. The van der Waals surface area contributed by atoms with Gasteiger partial charge in [0.2, 0.25) is 0 Å². The van der Waals surface area contributed by atoms with Crippen LogP contribution in [0, 0.1) is 21.0 Å². The molecule has 1 amide bonds. The number of halogens is 2. The van der Waals surface area contributed by atoms with Crippen molar-refractivity contribution in [2.75, 3.05) is 11.1 Å². The average Bonchev–Trinajstić information content (AvgIpc) is 2.45. The summed E-state index contributed by atoms with van der Waals surface area (Å²) >= 11 is 4.33. The molecular weight excluding hydrogens is 546 g/mol. The number of carbonyl (C=O) groups excluding carboxylic acids is 1. The van der Waals surface area contributed by atoms with Crippen molar-refractivity contribution in [1.82, 2.24) is 9.97 Å². The van der Waals surface area contributed by atoms with E-state index in [1.54, 1.807) is 12.4 Å². The lowest BCUT2D eigenvalue weighted by atomic mass is 10.2. The number of rotatable bonds is 1. The molecule has 0 saturated heterocycles. The lowest BCUT2D eigenvalue weighted by molar-refractivity contribution is 0.0635. The Hall–Kier alpha value is -1.17. The minimum absolute atomic E-state index is 0.462. The fraction of sp³-hybridized carbons (Fsp3) is 0.353. The summed E-state index contributed by atoms with van der Waals surface area (Å²) in [5, 5.41) is 2.66. The molecule has 3 N–H and O–H groups in total. The van der Waals surface area contributed by atoms with Crippen molar-refractivity contribution >= 4 is 62.6 Å². The lowest BCUT2D eigenvalue weighted by Crippen LogP contribution is -2.27. The van der Waals surface area contributed by atoms with Gasteiger partial charge in [-0.1, -0.05) is 0 Å². The molecule has 2 rings (SSSR count). The molecule has 136 valence electrons. The normalized spacial score (nSPS) is 10.5. The molecule has 8 heteroatoms. The van der Waals surface area contributed by atoms with Crippen LogP contribution in [-0.2, 0) is 4.74 Å². The molecule has 0 aliphatic carbocycles. The number of hydrogen-bond acceptors (Lipinski definition) is 5. The van der Waals surface area contributed by atoms with E-state index in [1.165, 1.54) is 0 Å². The molecule has 0 atom stereocenters. The Bertz CT molecular complexity index is 746. The fourth-order valence-corrected chi connectivity index (χ4v) is 2.88. The molecule has 0 aliphatic heterocycles. The molecule has 0 unspecified atom stereocenters. The van der Waals surface area contributed by atoms with Crippen LogP contribution in [0.4, 0.5) is 16.2 Å².